The first-order chi connectivity index (χ1) is 10.5. The minimum Gasteiger partial charge on any atom is -0.340 e. The fraction of sp³-hybridized carbons (Fsp3) is 0.933. The van der Waals surface area contributed by atoms with Gasteiger partial charge in [-0.2, -0.15) is 0 Å². The molecule has 1 heterocycles. The maximum atomic E-state index is 12.6. The molecule has 2 rings (SSSR count). The third-order valence-electron chi connectivity index (χ3n) is 5.46. The predicted octanol–water partition coefficient (Wildman–Crippen LogP) is 1.02. The quantitative estimate of drug-likeness (QED) is 0.701. The molecule has 0 unspecified atom stereocenters. The van der Waals surface area contributed by atoms with Gasteiger partial charge >= 0.3 is 0 Å². The summed E-state index contributed by atoms with van der Waals surface area (Å²) in [5, 5.41) is 0. The Morgan fingerprint density at radius 1 is 1.17 bits per heavy atom. The third-order valence-corrected chi connectivity index (χ3v) is 9.34. The molecule has 0 aromatic heterocycles. The molecule has 1 amide bonds. The number of hydrogen-bond acceptors (Lipinski definition) is 5. The lowest BCUT2D eigenvalue weighted by molar-refractivity contribution is -0.132. The van der Waals surface area contributed by atoms with E-state index in [1.54, 1.807) is 4.90 Å². The molecule has 2 fully saturated rings. The average molecular weight is 366 g/mol. The van der Waals surface area contributed by atoms with Crippen molar-refractivity contribution in [2.75, 3.05) is 30.9 Å². The fourth-order valence-corrected chi connectivity index (χ4v) is 7.27. The van der Waals surface area contributed by atoms with Crippen LogP contribution in [0.3, 0.4) is 0 Å². The Bertz CT molecular complexity index is 673. The highest BCUT2D eigenvalue weighted by molar-refractivity contribution is 7.92. The van der Waals surface area contributed by atoms with E-state index in [0.29, 0.717) is 12.8 Å². The van der Waals surface area contributed by atoms with Crippen molar-refractivity contribution in [3.8, 4) is 0 Å². The van der Waals surface area contributed by atoms with Gasteiger partial charge in [0, 0.05) is 25.8 Å². The van der Waals surface area contributed by atoms with Gasteiger partial charge in [0.1, 0.15) is 9.84 Å². The van der Waals surface area contributed by atoms with Gasteiger partial charge in [0.2, 0.25) is 5.91 Å². The van der Waals surface area contributed by atoms with E-state index >= 15 is 0 Å². The summed E-state index contributed by atoms with van der Waals surface area (Å²) in [4.78, 5) is 14.2. The van der Waals surface area contributed by atoms with Gasteiger partial charge in [-0.25, -0.2) is 16.8 Å². The molecule has 0 spiro atoms. The first-order valence-corrected chi connectivity index (χ1v) is 11.9. The summed E-state index contributed by atoms with van der Waals surface area (Å²) in [6.45, 7) is 4.15. The first kappa shape index (κ1) is 18.7. The van der Waals surface area contributed by atoms with Crippen LogP contribution in [-0.4, -0.2) is 63.2 Å². The van der Waals surface area contributed by atoms with E-state index in [-0.39, 0.29) is 36.9 Å². The second-order valence-corrected chi connectivity index (χ2v) is 11.9. The van der Waals surface area contributed by atoms with Gasteiger partial charge in [-0.15, -0.1) is 0 Å². The molecule has 0 bridgehead atoms. The molecule has 1 aliphatic carbocycles. The number of nitrogens with zero attached hydrogens (tertiary/aromatic N) is 1. The van der Waals surface area contributed by atoms with Crippen LogP contribution in [0.5, 0.6) is 0 Å². The van der Waals surface area contributed by atoms with Crippen LogP contribution in [0.1, 0.15) is 46.0 Å². The summed E-state index contributed by atoms with van der Waals surface area (Å²) in [5.74, 6) is -0.0586. The molecule has 1 saturated carbocycles. The molecule has 134 valence electrons. The zero-order chi connectivity index (χ0) is 17.5. The summed E-state index contributed by atoms with van der Waals surface area (Å²) in [6.07, 6.45) is 3.90. The molecule has 0 atom stereocenters. The average Bonchev–Trinajstić information content (AvgIpc) is 3.15. The minimum atomic E-state index is -3.20. The molecule has 1 saturated heterocycles. The standard InChI is InChI=1S/C15H27NO5S2/c1-4-15(5-2)11-16(8-9-23(15,20)21)13(17)10-14(6-7-14)12-22(3,18)19/h4-12H2,1-3H3. The molecule has 2 aliphatic rings. The van der Waals surface area contributed by atoms with Gasteiger partial charge in [-0.05, 0) is 31.1 Å². The Morgan fingerprint density at radius 3 is 2.17 bits per heavy atom. The normalized spacial score (nSPS) is 25.1. The Morgan fingerprint density at radius 2 is 1.74 bits per heavy atom. The maximum absolute atomic E-state index is 12.6. The maximum Gasteiger partial charge on any atom is 0.223 e. The molecule has 0 radical (unpaired) electrons. The topological polar surface area (TPSA) is 88.6 Å². The second kappa shape index (κ2) is 6.02. The van der Waals surface area contributed by atoms with E-state index in [1.165, 1.54) is 6.26 Å². The van der Waals surface area contributed by atoms with Crippen molar-refractivity contribution in [3.05, 3.63) is 0 Å². The lowest BCUT2D eigenvalue weighted by Crippen LogP contribution is -2.57. The summed E-state index contributed by atoms with van der Waals surface area (Å²) in [7, 11) is -6.31. The summed E-state index contributed by atoms with van der Waals surface area (Å²) < 4.78 is 47.0. The zero-order valence-electron chi connectivity index (χ0n) is 14.2. The second-order valence-electron chi connectivity index (χ2n) is 7.27. The molecule has 6 nitrogen and oxygen atoms in total. The SMILES string of the molecule is CCC1(CC)CN(C(=O)CC2(CS(C)(=O)=O)CC2)CCS1(=O)=O. The molecule has 23 heavy (non-hydrogen) atoms. The van der Waals surface area contributed by atoms with Gasteiger partial charge < -0.3 is 4.90 Å². The first-order valence-electron chi connectivity index (χ1n) is 8.16. The van der Waals surface area contributed by atoms with Gasteiger partial charge in [0.05, 0.1) is 16.3 Å². The summed E-state index contributed by atoms with van der Waals surface area (Å²) in [6, 6.07) is 0. The van der Waals surface area contributed by atoms with Crippen molar-refractivity contribution < 1.29 is 21.6 Å². The number of rotatable bonds is 6. The van der Waals surface area contributed by atoms with Crippen molar-refractivity contribution in [1.29, 1.82) is 0 Å². The highest BCUT2D eigenvalue weighted by Crippen LogP contribution is 2.50. The van der Waals surface area contributed by atoms with E-state index < -0.39 is 29.8 Å². The van der Waals surface area contributed by atoms with Crippen molar-refractivity contribution >= 4 is 25.6 Å². The number of carbonyl (C=O) groups is 1. The van der Waals surface area contributed by atoms with E-state index in [4.69, 9.17) is 0 Å². The monoisotopic (exact) mass is 365 g/mol. The van der Waals surface area contributed by atoms with Crippen LogP contribution in [0.4, 0.5) is 0 Å². The van der Waals surface area contributed by atoms with Crippen LogP contribution >= 0.6 is 0 Å². The summed E-state index contributed by atoms with van der Waals surface area (Å²) >= 11 is 0. The van der Waals surface area contributed by atoms with Crippen molar-refractivity contribution in [1.82, 2.24) is 4.90 Å². The fourth-order valence-electron chi connectivity index (χ4n) is 3.64. The predicted molar refractivity (Wildman–Crippen MR) is 89.7 cm³/mol. The minimum absolute atomic E-state index is 0.000500. The molecule has 1 aliphatic heterocycles. The Hall–Kier alpha value is -0.630. The Balaban J connectivity index is 2.10. The van der Waals surface area contributed by atoms with E-state index in [9.17, 15) is 21.6 Å². The Labute approximate surface area is 139 Å². The van der Waals surface area contributed by atoms with E-state index in [1.807, 2.05) is 13.8 Å². The van der Waals surface area contributed by atoms with Crippen LogP contribution in [0.25, 0.3) is 0 Å². The van der Waals surface area contributed by atoms with Gasteiger partial charge in [-0.1, -0.05) is 13.8 Å². The van der Waals surface area contributed by atoms with Crippen LogP contribution < -0.4 is 0 Å². The van der Waals surface area contributed by atoms with Gasteiger partial charge in [0.15, 0.2) is 9.84 Å². The molecular weight excluding hydrogens is 338 g/mol. The van der Waals surface area contributed by atoms with Crippen LogP contribution in [0, 0.1) is 5.41 Å². The number of amides is 1. The van der Waals surface area contributed by atoms with Gasteiger partial charge in [-0.3, -0.25) is 4.79 Å². The molecule has 8 heteroatoms. The molecule has 0 aromatic rings. The molecule has 0 N–H and O–H groups in total. The molecular formula is C15H27NO5S2. The molecule has 0 aromatic carbocycles. The highest BCUT2D eigenvalue weighted by Gasteiger charge is 2.50. The Kier molecular flexibility index (Phi) is 4.90. The summed E-state index contributed by atoms with van der Waals surface area (Å²) in [5.41, 5.74) is -0.415. The lowest BCUT2D eigenvalue weighted by Gasteiger charge is -2.41. The zero-order valence-corrected chi connectivity index (χ0v) is 15.8. The van der Waals surface area contributed by atoms with Crippen molar-refractivity contribution in [2.45, 2.75) is 50.7 Å². The van der Waals surface area contributed by atoms with Crippen LogP contribution in [0.2, 0.25) is 0 Å². The number of hydrogen-bond donors (Lipinski definition) is 0. The largest absolute Gasteiger partial charge is 0.340 e. The van der Waals surface area contributed by atoms with E-state index in [2.05, 4.69) is 0 Å². The smallest absolute Gasteiger partial charge is 0.223 e. The highest BCUT2D eigenvalue weighted by atomic mass is 32.2. The number of carbonyl (C=O) groups excluding carboxylic acids is 1. The third kappa shape index (κ3) is 3.90. The van der Waals surface area contributed by atoms with Crippen molar-refractivity contribution in [3.63, 3.8) is 0 Å². The number of sulfone groups is 2. The van der Waals surface area contributed by atoms with Gasteiger partial charge in [0.25, 0.3) is 0 Å². The lowest BCUT2D eigenvalue weighted by atomic mass is 9.99. The van der Waals surface area contributed by atoms with Crippen LogP contribution in [0.15, 0.2) is 0 Å². The van der Waals surface area contributed by atoms with E-state index in [0.717, 1.165) is 12.8 Å². The van der Waals surface area contributed by atoms with Crippen LogP contribution in [-0.2, 0) is 24.5 Å². The van der Waals surface area contributed by atoms with Crippen molar-refractivity contribution in [2.24, 2.45) is 5.41 Å².